The second-order valence-corrected chi connectivity index (χ2v) is 7.41. The summed E-state index contributed by atoms with van der Waals surface area (Å²) in [6.45, 7) is 1.83. The number of nitrogens with zero attached hydrogens (tertiary/aromatic N) is 2. The predicted molar refractivity (Wildman–Crippen MR) is 117 cm³/mol. The van der Waals surface area contributed by atoms with E-state index in [1.807, 2.05) is 6.92 Å². The van der Waals surface area contributed by atoms with Crippen LogP contribution in [0, 0.1) is 12.7 Å². The van der Waals surface area contributed by atoms with Crippen LogP contribution in [0.3, 0.4) is 0 Å². The molecule has 1 atom stereocenters. The third-order valence-corrected chi connectivity index (χ3v) is 5.22. The van der Waals surface area contributed by atoms with Crippen LogP contribution in [0.15, 0.2) is 71.3 Å². The molecule has 0 bridgehead atoms. The Morgan fingerprint density at radius 3 is 2.59 bits per heavy atom. The fourth-order valence-corrected chi connectivity index (χ4v) is 3.44. The van der Waals surface area contributed by atoms with Crippen molar-refractivity contribution in [2.24, 2.45) is 0 Å². The number of carbonyl (C=O) groups excluding carboxylic acids is 2. The Bertz CT molecular complexity index is 1280. The fourth-order valence-electron chi connectivity index (χ4n) is 3.44. The Hall–Kier alpha value is -4.27. The lowest BCUT2D eigenvalue weighted by Crippen LogP contribution is -2.44. The predicted octanol–water partition coefficient (Wildman–Crippen LogP) is 3.10. The first-order valence-corrected chi connectivity index (χ1v) is 9.80. The Labute approximate surface area is 182 Å². The third kappa shape index (κ3) is 4.13. The molecule has 0 aliphatic carbocycles. The zero-order valence-electron chi connectivity index (χ0n) is 17.3. The van der Waals surface area contributed by atoms with Crippen molar-refractivity contribution in [3.8, 4) is 11.1 Å². The van der Waals surface area contributed by atoms with Crippen LogP contribution in [-0.2, 0) is 4.79 Å². The highest BCUT2D eigenvalue weighted by atomic mass is 19.1. The minimum atomic E-state index is -0.745. The summed E-state index contributed by atoms with van der Waals surface area (Å²) in [4.78, 5) is 38.8. The Morgan fingerprint density at radius 1 is 1.12 bits per heavy atom. The summed E-state index contributed by atoms with van der Waals surface area (Å²) in [5, 5.41) is 11.7. The van der Waals surface area contributed by atoms with Crippen molar-refractivity contribution < 1.29 is 14.0 Å². The fraction of sp³-hybridized carbons (Fsp3) is 0.130. The van der Waals surface area contributed by atoms with Crippen LogP contribution in [0.2, 0.25) is 0 Å². The molecule has 2 aromatic carbocycles. The molecule has 8 nitrogen and oxygen atoms in total. The highest BCUT2D eigenvalue weighted by Gasteiger charge is 2.30. The van der Waals surface area contributed by atoms with E-state index >= 15 is 0 Å². The number of halogens is 1. The number of aryl methyl sites for hydroxylation is 1. The first-order chi connectivity index (χ1) is 15.3. The van der Waals surface area contributed by atoms with Crippen LogP contribution in [-0.4, -0.2) is 34.1 Å². The third-order valence-electron chi connectivity index (χ3n) is 5.22. The molecule has 3 aromatic rings. The van der Waals surface area contributed by atoms with Gasteiger partial charge in [-0.25, -0.2) is 14.3 Å². The lowest BCUT2D eigenvalue weighted by molar-refractivity contribution is -0.113. The number of urea groups is 1. The first-order valence-electron chi connectivity index (χ1n) is 9.80. The SMILES string of the molecule is Cc1ccc(-c2ccn[nH]c2=O)cc1NC(=O)C1=CN(C)C(=O)N[C@H]1c1ccc(F)cc1. The number of benzene rings is 2. The van der Waals surface area contributed by atoms with Crippen LogP contribution in [0.5, 0.6) is 0 Å². The molecule has 2 heterocycles. The second kappa shape index (κ2) is 8.46. The number of nitrogens with one attached hydrogen (secondary N) is 3. The van der Waals surface area contributed by atoms with Crippen LogP contribution < -0.4 is 16.2 Å². The van der Waals surface area contributed by atoms with Gasteiger partial charge in [-0.15, -0.1) is 0 Å². The largest absolute Gasteiger partial charge is 0.327 e. The van der Waals surface area contributed by atoms with Crippen LogP contribution in [0.1, 0.15) is 17.2 Å². The summed E-state index contributed by atoms with van der Waals surface area (Å²) in [6.07, 6.45) is 2.93. The average molecular weight is 433 g/mol. The quantitative estimate of drug-likeness (QED) is 0.588. The smallest absolute Gasteiger partial charge is 0.321 e. The molecule has 4 rings (SSSR count). The Kier molecular flexibility index (Phi) is 5.55. The normalized spacial score (nSPS) is 15.7. The van der Waals surface area contributed by atoms with Crippen molar-refractivity contribution in [3.05, 3.63) is 93.8 Å². The highest BCUT2D eigenvalue weighted by Crippen LogP contribution is 2.29. The number of hydrogen-bond donors (Lipinski definition) is 3. The maximum atomic E-state index is 13.4. The number of aromatic nitrogens is 2. The summed E-state index contributed by atoms with van der Waals surface area (Å²) in [5.41, 5.74) is 2.86. The number of anilines is 1. The Morgan fingerprint density at radius 2 is 1.88 bits per heavy atom. The van der Waals surface area contributed by atoms with Gasteiger partial charge in [0.25, 0.3) is 11.5 Å². The van der Waals surface area contributed by atoms with Gasteiger partial charge in [-0.05, 0) is 47.9 Å². The molecule has 0 unspecified atom stereocenters. The summed E-state index contributed by atoms with van der Waals surface area (Å²) < 4.78 is 13.4. The van der Waals surface area contributed by atoms with Gasteiger partial charge in [-0.2, -0.15) is 5.10 Å². The van der Waals surface area contributed by atoms with E-state index in [0.717, 1.165) is 5.56 Å². The molecule has 0 saturated carbocycles. The van der Waals surface area contributed by atoms with E-state index in [4.69, 9.17) is 0 Å². The molecule has 0 radical (unpaired) electrons. The van der Waals surface area contributed by atoms with Gasteiger partial charge < -0.3 is 15.5 Å². The Balaban J connectivity index is 1.67. The van der Waals surface area contributed by atoms with Crippen molar-refractivity contribution in [2.75, 3.05) is 12.4 Å². The maximum absolute atomic E-state index is 13.4. The molecule has 9 heteroatoms. The van der Waals surface area contributed by atoms with Crippen molar-refractivity contribution >= 4 is 17.6 Å². The van der Waals surface area contributed by atoms with Crippen molar-refractivity contribution in [1.29, 1.82) is 0 Å². The molecule has 1 aromatic heterocycles. The molecular formula is C23H20FN5O3. The molecular weight excluding hydrogens is 413 g/mol. The summed E-state index contributed by atoms with van der Waals surface area (Å²) in [7, 11) is 1.53. The lowest BCUT2D eigenvalue weighted by Gasteiger charge is -2.30. The number of hydrogen-bond acceptors (Lipinski definition) is 4. The van der Waals surface area contributed by atoms with E-state index in [2.05, 4.69) is 20.8 Å². The first kappa shape index (κ1) is 21.0. The molecule has 32 heavy (non-hydrogen) atoms. The molecule has 1 aliphatic rings. The maximum Gasteiger partial charge on any atom is 0.321 e. The van der Waals surface area contributed by atoms with Crippen molar-refractivity contribution in [1.82, 2.24) is 20.4 Å². The van der Waals surface area contributed by atoms with Gasteiger partial charge in [0.15, 0.2) is 0 Å². The minimum absolute atomic E-state index is 0.283. The second-order valence-electron chi connectivity index (χ2n) is 7.41. The molecule has 3 N–H and O–H groups in total. The molecule has 0 fully saturated rings. The summed E-state index contributed by atoms with van der Waals surface area (Å²) >= 11 is 0. The lowest BCUT2D eigenvalue weighted by atomic mass is 9.96. The molecule has 3 amide bonds. The molecule has 162 valence electrons. The van der Waals surface area contributed by atoms with Crippen molar-refractivity contribution in [2.45, 2.75) is 13.0 Å². The van der Waals surface area contributed by atoms with E-state index in [9.17, 15) is 18.8 Å². The minimum Gasteiger partial charge on any atom is -0.327 e. The number of carbonyl (C=O) groups is 2. The summed E-state index contributed by atoms with van der Waals surface area (Å²) in [5.74, 6) is -0.850. The van der Waals surface area contributed by atoms with Gasteiger partial charge >= 0.3 is 6.03 Å². The van der Waals surface area contributed by atoms with Gasteiger partial charge in [0.1, 0.15) is 5.82 Å². The molecule has 0 saturated heterocycles. The number of H-pyrrole nitrogens is 1. The monoisotopic (exact) mass is 433 g/mol. The molecule has 1 aliphatic heterocycles. The van der Waals surface area contributed by atoms with E-state index in [1.165, 1.54) is 48.6 Å². The highest BCUT2D eigenvalue weighted by molar-refractivity contribution is 6.06. The van der Waals surface area contributed by atoms with Gasteiger partial charge in [-0.3, -0.25) is 9.59 Å². The molecule has 0 spiro atoms. The number of aromatic amines is 1. The van der Waals surface area contributed by atoms with Crippen molar-refractivity contribution in [3.63, 3.8) is 0 Å². The van der Waals surface area contributed by atoms with E-state index in [-0.39, 0.29) is 17.2 Å². The number of amides is 3. The van der Waals surface area contributed by atoms with Gasteiger partial charge in [0.2, 0.25) is 0 Å². The standard InChI is InChI=1S/C23H20FN5O3/c1-13-3-4-15(17-9-10-25-28-22(17)31)11-19(13)26-21(30)18-12-29(2)23(32)27-20(18)14-5-7-16(24)8-6-14/h3-12,20H,1-2H3,(H,26,30)(H,27,32)(H,28,31)/t20-/m0/s1. The van der Waals surface area contributed by atoms with Gasteiger partial charge in [0, 0.05) is 25.1 Å². The zero-order chi connectivity index (χ0) is 22.8. The zero-order valence-corrected chi connectivity index (χ0v) is 17.3. The van der Waals surface area contributed by atoms with E-state index in [1.54, 1.807) is 24.3 Å². The van der Waals surface area contributed by atoms with Crippen LogP contribution >= 0.6 is 0 Å². The van der Waals surface area contributed by atoms with Gasteiger partial charge in [0.05, 0.1) is 17.2 Å². The van der Waals surface area contributed by atoms with Crippen LogP contribution in [0.4, 0.5) is 14.9 Å². The van der Waals surface area contributed by atoms with Gasteiger partial charge in [-0.1, -0.05) is 24.3 Å². The summed E-state index contributed by atoms with van der Waals surface area (Å²) in [6, 6.07) is 11.3. The van der Waals surface area contributed by atoms with E-state index in [0.29, 0.717) is 22.4 Å². The average Bonchev–Trinajstić information content (AvgIpc) is 2.78. The topological polar surface area (TPSA) is 107 Å². The number of rotatable bonds is 4. The van der Waals surface area contributed by atoms with Crippen LogP contribution in [0.25, 0.3) is 11.1 Å². The van der Waals surface area contributed by atoms with E-state index < -0.39 is 17.8 Å².